The van der Waals surface area contributed by atoms with E-state index in [1.165, 1.54) is 6.08 Å². The third-order valence-electron chi connectivity index (χ3n) is 3.75. The number of esters is 1. The Morgan fingerprint density at radius 3 is 2.08 bits per heavy atom. The van der Waals surface area contributed by atoms with Crippen molar-refractivity contribution in [1.29, 1.82) is 0 Å². The van der Waals surface area contributed by atoms with Crippen LogP contribution < -0.4 is 0 Å². The van der Waals surface area contributed by atoms with Crippen molar-refractivity contribution < 1.29 is 22.8 Å². The minimum absolute atomic E-state index is 0.107. The Balaban J connectivity index is 4.85. The quantitative estimate of drug-likeness (QED) is 0.157. The molecule has 1 unspecified atom stereocenters. The topological polar surface area (TPSA) is 54.0 Å². The van der Waals surface area contributed by atoms with Crippen LogP contribution in [0.15, 0.2) is 12.7 Å². The highest BCUT2D eigenvalue weighted by atomic mass is 28.4. The van der Waals surface area contributed by atoms with Crippen molar-refractivity contribution in [3.05, 3.63) is 12.7 Å². The van der Waals surface area contributed by atoms with Gasteiger partial charge in [0.1, 0.15) is 0 Å². The molecule has 0 bridgehead atoms. The van der Waals surface area contributed by atoms with Crippen molar-refractivity contribution in [1.82, 2.24) is 0 Å². The van der Waals surface area contributed by atoms with Gasteiger partial charge in [-0.25, -0.2) is 4.79 Å². The number of hydrogen-bond acceptors (Lipinski definition) is 5. The standard InChI is InChI=1S/C19H38O5Si/c1-6-10-15-22-25(23-16-11-7-2,24-18(5)13-8-3)17-12-14-21-19(20)9-4/h9,18H,4,6-8,10-17H2,1-3,5H3. The Hall–Kier alpha value is -0.693. The van der Waals surface area contributed by atoms with E-state index < -0.39 is 14.8 Å². The highest BCUT2D eigenvalue weighted by Crippen LogP contribution is 2.23. The van der Waals surface area contributed by atoms with Crippen LogP contribution in [0.2, 0.25) is 6.04 Å². The molecule has 0 heterocycles. The zero-order valence-electron chi connectivity index (χ0n) is 16.7. The molecule has 1 atom stereocenters. The predicted octanol–water partition coefficient (Wildman–Crippen LogP) is 4.88. The molecule has 148 valence electrons. The Bertz CT molecular complexity index is 339. The van der Waals surface area contributed by atoms with Crippen molar-refractivity contribution >= 4 is 14.8 Å². The first kappa shape index (κ1) is 24.3. The lowest BCUT2D eigenvalue weighted by Crippen LogP contribution is -2.48. The van der Waals surface area contributed by atoms with Gasteiger partial charge in [0.25, 0.3) is 0 Å². The third-order valence-corrected chi connectivity index (χ3v) is 6.77. The van der Waals surface area contributed by atoms with Crippen LogP contribution in [-0.2, 0) is 22.8 Å². The molecule has 0 saturated carbocycles. The average Bonchev–Trinajstić information content (AvgIpc) is 2.59. The number of hydrogen-bond donors (Lipinski definition) is 0. The summed E-state index contributed by atoms with van der Waals surface area (Å²) in [6, 6.07) is 0.666. The van der Waals surface area contributed by atoms with Crippen LogP contribution in [0, 0.1) is 0 Å². The molecular weight excluding hydrogens is 336 g/mol. The van der Waals surface area contributed by atoms with Gasteiger partial charge in [-0.1, -0.05) is 46.6 Å². The second-order valence-corrected chi connectivity index (χ2v) is 8.96. The molecule has 0 aromatic rings. The average molecular weight is 375 g/mol. The second kappa shape index (κ2) is 15.6. The van der Waals surface area contributed by atoms with E-state index in [4.69, 9.17) is 18.0 Å². The van der Waals surface area contributed by atoms with Gasteiger partial charge in [0.05, 0.1) is 6.61 Å². The molecule has 25 heavy (non-hydrogen) atoms. The molecule has 0 aliphatic carbocycles. The molecule has 0 radical (unpaired) electrons. The normalized spacial score (nSPS) is 12.8. The van der Waals surface area contributed by atoms with E-state index in [-0.39, 0.29) is 6.10 Å². The van der Waals surface area contributed by atoms with E-state index in [1.807, 2.05) is 0 Å². The van der Waals surface area contributed by atoms with E-state index in [1.54, 1.807) is 0 Å². The predicted molar refractivity (Wildman–Crippen MR) is 104 cm³/mol. The summed E-state index contributed by atoms with van der Waals surface area (Å²) in [5, 5.41) is 0. The fraction of sp³-hybridized carbons (Fsp3) is 0.842. The summed E-state index contributed by atoms with van der Waals surface area (Å²) in [6.45, 7) is 13.5. The monoisotopic (exact) mass is 374 g/mol. The molecule has 0 amide bonds. The number of carbonyl (C=O) groups excluding carboxylic acids is 1. The molecule has 0 N–H and O–H groups in total. The van der Waals surface area contributed by atoms with Crippen LogP contribution in [-0.4, -0.2) is 40.7 Å². The van der Waals surface area contributed by atoms with Crippen molar-refractivity contribution in [2.24, 2.45) is 0 Å². The van der Waals surface area contributed by atoms with Crippen LogP contribution in [0.5, 0.6) is 0 Å². The van der Waals surface area contributed by atoms with Crippen molar-refractivity contribution in [3.8, 4) is 0 Å². The van der Waals surface area contributed by atoms with E-state index in [2.05, 4.69) is 34.3 Å². The maximum atomic E-state index is 11.2. The van der Waals surface area contributed by atoms with Crippen molar-refractivity contribution in [3.63, 3.8) is 0 Å². The highest BCUT2D eigenvalue weighted by molar-refractivity contribution is 6.60. The highest BCUT2D eigenvalue weighted by Gasteiger charge is 2.42. The molecule has 5 nitrogen and oxygen atoms in total. The molecule has 0 saturated heterocycles. The summed E-state index contributed by atoms with van der Waals surface area (Å²) in [5.41, 5.74) is 0. The molecule has 0 aliphatic heterocycles. The Labute approximate surface area is 155 Å². The molecule has 0 fully saturated rings. The fourth-order valence-corrected chi connectivity index (χ4v) is 5.19. The summed E-state index contributed by atoms with van der Waals surface area (Å²) >= 11 is 0. The molecule has 0 rings (SSSR count). The number of rotatable bonds is 17. The maximum absolute atomic E-state index is 11.2. The van der Waals surface area contributed by atoms with Crippen LogP contribution in [0.4, 0.5) is 0 Å². The molecule has 0 aliphatic rings. The maximum Gasteiger partial charge on any atom is 0.501 e. The summed E-state index contributed by atoms with van der Waals surface area (Å²) in [5.74, 6) is -0.397. The molecule has 0 spiro atoms. The van der Waals surface area contributed by atoms with E-state index in [0.717, 1.165) is 38.5 Å². The lowest BCUT2D eigenvalue weighted by atomic mass is 10.2. The molecule has 0 aromatic carbocycles. The minimum Gasteiger partial charge on any atom is -0.463 e. The van der Waals surface area contributed by atoms with Gasteiger partial charge in [0.15, 0.2) is 0 Å². The molecular formula is C19H38O5Si. The zero-order chi connectivity index (χ0) is 19.0. The van der Waals surface area contributed by atoms with Gasteiger partial charge in [-0.15, -0.1) is 0 Å². The second-order valence-electron chi connectivity index (χ2n) is 6.28. The van der Waals surface area contributed by atoms with Gasteiger partial charge in [-0.2, -0.15) is 0 Å². The smallest absolute Gasteiger partial charge is 0.463 e. The Morgan fingerprint density at radius 2 is 1.60 bits per heavy atom. The Morgan fingerprint density at radius 1 is 1.00 bits per heavy atom. The van der Waals surface area contributed by atoms with Crippen LogP contribution in [0.3, 0.4) is 0 Å². The zero-order valence-corrected chi connectivity index (χ0v) is 17.7. The number of carbonyl (C=O) groups is 1. The van der Waals surface area contributed by atoms with E-state index in [9.17, 15) is 4.79 Å². The summed E-state index contributed by atoms with van der Waals surface area (Å²) in [4.78, 5) is 11.2. The largest absolute Gasteiger partial charge is 0.501 e. The van der Waals surface area contributed by atoms with Gasteiger partial charge in [0, 0.05) is 31.4 Å². The van der Waals surface area contributed by atoms with Crippen molar-refractivity contribution in [2.45, 2.75) is 84.8 Å². The molecule has 0 aromatic heterocycles. The summed E-state index contributed by atoms with van der Waals surface area (Å²) in [7, 11) is -2.77. The minimum atomic E-state index is -2.77. The van der Waals surface area contributed by atoms with Gasteiger partial charge in [0.2, 0.25) is 0 Å². The first-order valence-electron chi connectivity index (χ1n) is 9.78. The lowest BCUT2D eigenvalue weighted by Gasteiger charge is -2.32. The first-order chi connectivity index (χ1) is 12.0. The van der Waals surface area contributed by atoms with Crippen LogP contribution in [0.25, 0.3) is 0 Å². The summed E-state index contributed by atoms with van der Waals surface area (Å²) < 4.78 is 23.8. The summed E-state index contributed by atoms with van der Waals surface area (Å²) in [6.07, 6.45) is 8.12. The first-order valence-corrected chi connectivity index (χ1v) is 11.7. The third kappa shape index (κ3) is 12.3. The van der Waals surface area contributed by atoms with E-state index in [0.29, 0.717) is 32.3 Å². The van der Waals surface area contributed by atoms with Gasteiger partial charge >= 0.3 is 14.8 Å². The fourth-order valence-electron chi connectivity index (χ4n) is 2.35. The van der Waals surface area contributed by atoms with E-state index >= 15 is 0 Å². The van der Waals surface area contributed by atoms with Gasteiger partial charge in [-0.05, 0) is 32.6 Å². The lowest BCUT2D eigenvalue weighted by molar-refractivity contribution is -0.137. The Kier molecular flexibility index (Phi) is 15.1. The van der Waals surface area contributed by atoms with Gasteiger partial charge < -0.3 is 18.0 Å². The number of ether oxygens (including phenoxy) is 1. The van der Waals surface area contributed by atoms with Crippen LogP contribution >= 0.6 is 0 Å². The SMILES string of the molecule is C=CC(=O)OCCC[Si](OCCCC)(OCCCC)OC(C)CCC. The van der Waals surface area contributed by atoms with Crippen LogP contribution in [0.1, 0.15) is 72.6 Å². The number of unbranched alkanes of at least 4 members (excludes halogenated alkanes) is 2. The molecule has 6 heteroatoms. The van der Waals surface area contributed by atoms with Crippen molar-refractivity contribution in [2.75, 3.05) is 19.8 Å². The van der Waals surface area contributed by atoms with Gasteiger partial charge in [-0.3, -0.25) is 0 Å².